The average Bonchev–Trinajstić information content (AvgIpc) is 3.37. The van der Waals surface area contributed by atoms with Gasteiger partial charge < -0.3 is 9.64 Å². The first-order chi connectivity index (χ1) is 17.9. The van der Waals surface area contributed by atoms with Crippen molar-refractivity contribution >= 4 is 11.7 Å². The number of carbonyl (C=O) groups excluding carboxylic acids is 1. The van der Waals surface area contributed by atoms with Gasteiger partial charge in [-0.3, -0.25) is 9.80 Å². The fourth-order valence-electron chi connectivity index (χ4n) is 7.07. The van der Waals surface area contributed by atoms with E-state index in [0.717, 1.165) is 56.0 Å². The first kappa shape index (κ1) is 25.7. The zero-order chi connectivity index (χ0) is 26.4. The molecule has 0 radical (unpaired) electrons. The monoisotopic (exact) mass is 499 g/mol. The summed E-state index contributed by atoms with van der Waals surface area (Å²) in [6.07, 6.45) is 6.80. The molecule has 3 aliphatic rings. The van der Waals surface area contributed by atoms with Crippen LogP contribution >= 0.6 is 0 Å². The number of anilines is 1. The van der Waals surface area contributed by atoms with E-state index in [1.165, 1.54) is 16.8 Å². The van der Waals surface area contributed by atoms with Crippen molar-refractivity contribution in [3.63, 3.8) is 0 Å². The van der Waals surface area contributed by atoms with Gasteiger partial charge in [-0.2, -0.15) is 0 Å². The maximum absolute atomic E-state index is 13.8. The molecule has 1 fully saturated rings. The van der Waals surface area contributed by atoms with E-state index >= 15 is 0 Å². The number of ether oxygens (including phenoxy) is 1. The van der Waals surface area contributed by atoms with Crippen LogP contribution in [0.15, 0.2) is 66.3 Å². The smallest absolute Gasteiger partial charge is 0.335 e. The van der Waals surface area contributed by atoms with E-state index in [9.17, 15) is 4.79 Å². The molecule has 1 spiro atoms. The van der Waals surface area contributed by atoms with Crippen LogP contribution in [-0.4, -0.2) is 60.7 Å². The molecule has 5 rings (SSSR count). The van der Waals surface area contributed by atoms with Crippen molar-refractivity contribution in [2.75, 3.05) is 44.2 Å². The number of nitrogens with zero attached hydrogens (tertiary/aromatic N) is 3. The number of likely N-dealkylation sites (N-methyl/N-ethyl adjacent to an activating group) is 2. The molecule has 0 N–H and O–H groups in total. The van der Waals surface area contributed by atoms with Gasteiger partial charge >= 0.3 is 5.97 Å². The summed E-state index contributed by atoms with van der Waals surface area (Å²) in [5.41, 5.74) is 5.24. The number of benzene rings is 2. The summed E-state index contributed by atoms with van der Waals surface area (Å²) >= 11 is 0. The summed E-state index contributed by atoms with van der Waals surface area (Å²) in [5.74, 6) is -0.366. The van der Waals surface area contributed by atoms with Crippen LogP contribution in [0, 0.1) is 5.92 Å². The highest BCUT2D eigenvalue weighted by atomic mass is 16.6. The number of carbonyl (C=O) groups is 1. The molecular weight excluding hydrogens is 458 g/mol. The second-order valence-electron chi connectivity index (χ2n) is 10.1. The molecule has 196 valence electrons. The molecule has 2 aliphatic carbocycles. The second-order valence-corrected chi connectivity index (χ2v) is 10.1. The Labute approximate surface area is 222 Å². The van der Waals surface area contributed by atoms with Crippen molar-refractivity contribution in [2.45, 2.75) is 52.8 Å². The van der Waals surface area contributed by atoms with Crippen molar-refractivity contribution in [3.8, 4) is 11.1 Å². The Balaban J connectivity index is 1.70. The fraction of sp³-hybridized carbons (Fsp3) is 0.469. The van der Waals surface area contributed by atoms with Crippen molar-refractivity contribution in [2.24, 2.45) is 5.92 Å². The topological polar surface area (TPSA) is 36.0 Å². The number of hydrogen-bond donors (Lipinski definition) is 0. The quantitative estimate of drug-likeness (QED) is 0.247. The highest BCUT2D eigenvalue weighted by Gasteiger charge is 2.60. The summed E-state index contributed by atoms with van der Waals surface area (Å²) < 4.78 is 6.54. The number of hydrogen-bond acceptors (Lipinski definition) is 5. The van der Waals surface area contributed by atoms with Gasteiger partial charge in [-0.05, 0) is 75.4 Å². The number of rotatable bonds is 9. The fourth-order valence-corrected chi connectivity index (χ4v) is 7.07. The molecule has 2 aromatic carbocycles. The van der Waals surface area contributed by atoms with E-state index < -0.39 is 11.3 Å². The summed E-state index contributed by atoms with van der Waals surface area (Å²) in [4.78, 5) is 21.0. The maximum atomic E-state index is 13.8. The van der Waals surface area contributed by atoms with Crippen LogP contribution in [0.4, 0.5) is 5.69 Å². The molecule has 5 heteroatoms. The first-order valence-electron chi connectivity index (χ1n) is 14.1. The third-order valence-corrected chi connectivity index (χ3v) is 8.85. The lowest BCUT2D eigenvalue weighted by molar-refractivity contribution is -0.144. The Morgan fingerprint density at radius 1 is 0.784 bits per heavy atom. The molecule has 2 aromatic rings. The highest BCUT2D eigenvalue weighted by Crippen LogP contribution is 2.60. The zero-order valence-corrected chi connectivity index (χ0v) is 23.3. The van der Waals surface area contributed by atoms with Gasteiger partial charge in [0.05, 0.1) is 5.92 Å². The number of esters is 1. The lowest BCUT2D eigenvalue weighted by atomic mass is 9.74. The lowest BCUT2D eigenvalue weighted by Crippen LogP contribution is -2.59. The Kier molecular flexibility index (Phi) is 6.80. The maximum Gasteiger partial charge on any atom is 0.335 e. The predicted molar refractivity (Wildman–Crippen MR) is 152 cm³/mol. The Morgan fingerprint density at radius 2 is 1.41 bits per heavy atom. The third-order valence-electron chi connectivity index (χ3n) is 8.85. The van der Waals surface area contributed by atoms with Crippen LogP contribution in [0.2, 0.25) is 0 Å². The minimum absolute atomic E-state index is 0.166. The van der Waals surface area contributed by atoms with Crippen LogP contribution in [0.25, 0.3) is 11.1 Å². The predicted octanol–water partition coefficient (Wildman–Crippen LogP) is 5.81. The van der Waals surface area contributed by atoms with Crippen molar-refractivity contribution in [3.05, 3.63) is 77.4 Å². The van der Waals surface area contributed by atoms with Gasteiger partial charge in [0.2, 0.25) is 0 Å². The van der Waals surface area contributed by atoms with Crippen molar-refractivity contribution in [1.29, 1.82) is 0 Å². The Hall–Kier alpha value is -2.89. The van der Waals surface area contributed by atoms with Gasteiger partial charge in [0.25, 0.3) is 0 Å². The van der Waals surface area contributed by atoms with Crippen LogP contribution in [0.3, 0.4) is 0 Å². The van der Waals surface area contributed by atoms with E-state index in [4.69, 9.17) is 4.74 Å². The Morgan fingerprint density at radius 3 is 2.03 bits per heavy atom. The SMILES string of the molecule is CCN(CC)c1ccc2c(c1)-c1ccccc1C21OC(=O)C2=CC(N(CC)CC)(N(CC)CC)C=CC21. The van der Waals surface area contributed by atoms with Gasteiger partial charge in [-0.25, -0.2) is 4.79 Å². The van der Waals surface area contributed by atoms with Crippen molar-refractivity contribution < 1.29 is 9.53 Å². The van der Waals surface area contributed by atoms with Gasteiger partial charge in [0, 0.05) is 35.5 Å². The van der Waals surface area contributed by atoms with Gasteiger partial charge in [-0.1, -0.05) is 64.1 Å². The summed E-state index contributed by atoms with van der Waals surface area (Å²) in [6, 6.07) is 15.1. The van der Waals surface area contributed by atoms with Crippen LogP contribution in [0.1, 0.15) is 52.7 Å². The first-order valence-corrected chi connectivity index (χ1v) is 14.1. The van der Waals surface area contributed by atoms with Crippen LogP contribution in [0.5, 0.6) is 0 Å². The van der Waals surface area contributed by atoms with E-state index in [1.54, 1.807) is 0 Å². The highest BCUT2D eigenvalue weighted by molar-refractivity contribution is 5.97. The molecule has 0 saturated carbocycles. The van der Waals surface area contributed by atoms with Crippen molar-refractivity contribution in [1.82, 2.24) is 9.80 Å². The summed E-state index contributed by atoms with van der Waals surface area (Å²) in [5, 5.41) is 0. The third kappa shape index (κ3) is 3.54. The molecule has 0 aromatic heterocycles. The standard InChI is InChI=1S/C32H41N3O2/c1-7-33(8-2)23-17-18-28-25(21-23)24-15-13-14-16-27(24)32(28)29-19-20-31(34(9-3)10-4,35(11-5)12-6)22-26(29)30(36)37-32/h13-22,29H,7-12H2,1-6H3. The van der Waals surface area contributed by atoms with E-state index in [0.29, 0.717) is 0 Å². The molecule has 1 saturated heterocycles. The zero-order valence-electron chi connectivity index (χ0n) is 23.3. The van der Waals surface area contributed by atoms with Crippen LogP contribution < -0.4 is 4.90 Å². The second kappa shape index (κ2) is 9.77. The molecule has 0 amide bonds. The normalized spacial score (nSPS) is 22.8. The molecule has 2 unspecified atom stereocenters. The minimum Gasteiger partial charge on any atom is -0.445 e. The van der Waals surface area contributed by atoms with E-state index in [-0.39, 0.29) is 11.9 Å². The molecule has 5 nitrogen and oxygen atoms in total. The number of fused-ring (bicyclic) bond motifs is 7. The molecule has 0 bridgehead atoms. The lowest BCUT2D eigenvalue weighted by Gasteiger charge is -2.48. The van der Waals surface area contributed by atoms with E-state index in [2.05, 4.69) is 117 Å². The molecule has 37 heavy (non-hydrogen) atoms. The van der Waals surface area contributed by atoms with Gasteiger partial charge in [-0.15, -0.1) is 0 Å². The van der Waals surface area contributed by atoms with E-state index in [1.807, 2.05) is 0 Å². The molecule has 1 aliphatic heterocycles. The van der Waals surface area contributed by atoms with Crippen LogP contribution in [-0.2, 0) is 15.1 Å². The minimum atomic E-state index is -0.828. The summed E-state index contributed by atoms with van der Waals surface area (Å²) in [6.45, 7) is 18.6. The Bertz CT molecular complexity index is 1220. The average molecular weight is 500 g/mol. The molecular formula is C32H41N3O2. The molecule has 1 heterocycles. The molecule has 2 atom stereocenters. The largest absolute Gasteiger partial charge is 0.445 e. The van der Waals surface area contributed by atoms with Gasteiger partial charge in [0.1, 0.15) is 5.66 Å². The van der Waals surface area contributed by atoms with Gasteiger partial charge in [0.15, 0.2) is 5.60 Å². The summed E-state index contributed by atoms with van der Waals surface area (Å²) in [7, 11) is 0.